The highest BCUT2D eigenvalue weighted by atomic mass is 35.5. The number of carbonyl (C=O) groups excluding carboxylic acids is 1. The van der Waals surface area contributed by atoms with Crippen LogP contribution in [0, 0.1) is 0 Å². The first-order valence-electron chi connectivity index (χ1n) is 4.82. The number of nitrogens with two attached hydrogens (primary N) is 1. The van der Waals surface area contributed by atoms with E-state index in [9.17, 15) is 4.79 Å². The van der Waals surface area contributed by atoms with Crippen molar-refractivity contribution in [3.8, 4) is 0 Å². The normalized spacial score (nSPS) is 12.2. The number of pyridine rings is 1. The summed E-state index contributed by atoms with van der Waals surface area (Å²) >= 11 is 5.78. The smallest absolute Gasteiger partial charge is 0.241 e. The van der Waals surface area contributed by atoms with Crippen LogP contribution in [0.25, 0.3) is 0 Å². The molecule has 15 heavy (non-hydrogen) atoms. The minimum atomic E-state index is -0.494. The highest BCUT2D eigenvalue weighted by Crippen LogP contribution is 2.17. The molecule has 0 saturated heterocycles. The molecule has 0 radical (unpaired) electrons. The fourth-order valence-electron chi connectivity index (χ4n) is 1.15. The van der Waals surface area contributed by atoms with Crippen LogP contribution < -0.4 is 11.1 Å². The third-order valence-electron chi connectivity index (χ3n) is 1.95. The predicted molar refractivity (Wildman–Crippen MR) is 60.8 cm³/mol. The molecule has 0 aliphatic rings. The van der Waals surface area contributed by atoms with Gasteiger partial charge in [-0.1, -0.05) is 24.9 Å². The summed E-state index contributed by atoms with van der Waals surface area (Å²) in [5, 5.41) is 2.91. The van der Waals surface area contributed by atoms with Crippen molar-refractivity contribution in [1.29, 1.82) is 0 Å². The molecule has 0 aliphatic heterocycles. The summed E-state index contributed by atoms with van der Waals surface area (Å²) < 4.78 is 0. The van der Waals surface area contributed by atoms with Gasteiger partial charge in [0.05, 0.1) is 11.7 Å². The average molecular weight is 228 g/mol. The molecular weight excluding hydrogens is 214 g/mol. The molecule has 0 fully saturated rings. The first-order valence-corrected chi connectivity index (χ1v) is 5.20. The standard InChI is InChI=1S/C10H14ClN3O/c1-2-4-7(12)10(15)14-8-5-3-6-13-9(8)11/h3,5-7H,2,4,12H2,1H3,(H,14,15). The minimum absolute atomic E-state index is 0.230. The maximum Gasteiger partial charge on any atom is 0.241 e. The lowest BCUT2D eigenvalue weighted by molar-refractivity contribution is -0.117. The highest BCUT2D eigenvalue weighted by Gasteiger charge is 2.13. The van der Waals surface area contributed by atoms with Gasteiger partial charge in [-0.25, -0.2) is 4.98 Å². The monoisotopic (exact) mass is 227 g/mol. The molecule has 1 atom stereocenters. The summed E-state index contributed by atoms with van der Waals surface area (Å²) in [7, 11) is 0. The zero-order valence-electron chi connectivity index (χ0n) is 8.53. The van der Waals surface area contributed by atoms with Gasteiger partial charge in [0.1, 0.15) is 0 Å². The van der Waals surface area contributed by atoms with Gasteiger partial charge in [-0.05, 0) is 18.6 Å². The van der Waals surface area contributed by atoms with Crippen molar-refractivity contribution in [2.75, 3.05) is 5.32 Å². The quantitative estimate of drug-likeness (QED) is 0.771. The topological polar surface area (TPSA) is 68.0 Å². The number of carbonyl (C=O) groups is 1. The molecule has 4 nitrogen and oxygen atoms in total. The zero-order chi connectivity index (χ0) is 11.3. The molecule has 0 aromatic carbocycles. The molecule has 1 aromatic rings. The molecule has 0 bridgehead atoms. The van der Waals surface area contributed by atoms with Gasteiger partial charge in [0, 0.05) is 6.20 Å². The third kappa shape index (κ3) is 3.49. The molecular formula is C10H14ClN3O. The Morgan fingerprint density at radius 3 is 3.07 bits per heavy atom. The Morgan fingerprint density at radius 1 is 1.73 bits per heavy atom. The Balaban J connectivity index is 2.62. The summed E-state index contributed by atoms with van der Waals surface area (Å²) in [6.07, 6.45) is 3.09. The van der Waals surface area contributed by atoms with E-state index in [2.05, 4.69) is 10.3 Å². The second kappa shape index (κ2) is 5.68. The summed E-state index contributed by atoms with van der Waals surface area (Å²) in [6, 6.07) is 2.89. The lowest BCUT2D eigenvalue weighted by Crippen LogP contribution is -2.35. The van der Waals surface area contributed by atoms with Crippen LogP contribution in [-0.4, -0.2) is 16.9 Å². The maximum atomic E-state index is 11.5. The van der Waals surface area contributed by atoms with E-state index in [1.54, 1.807) is 18.3 Å². The molecule has 1 rings (SSSR count). The van der Waals surface area contributed by atoms with Crippen LogP contribution in [-0.2, 0) is 4.79 Å². The van der Waals surface area contributed by atoms with Crippen molar-refractivity contribution >= 4 is 23.2 Å². The van der Waals surface area contributed by atoms with E-state index in [0.717, 1.165) is 6.42 Å². The number of rotatable bonds is 4. The van der Waals surface area contributed by atoms with Crippen LogP contribution >= 0.6 is 11.6 Å². The fourth-order valence-corrected chi connectivity index (χ4v) is 1.31. The van der Waals surface area contributed by atoms with Crippen LogP contribution in [0.15, 0.2) is 18.3 Å². The lowest BCUT2D eigenvalue weighted by Gasteiger charge is -2.11. The molecule has 1 aromatic heterocycles. The fraction of sp³-hybridized carbons (Fsp3) is 0.400. The van der Waals surface area contributed by atoms with Gasteiger partial charge >= 0.3 is 0 Å². The van der Waals surface area contributed by atoms with Gasteiger partial charge in [0.15, 0.2) is 5.15 Å². The van der Waals surface area contributed by atoms with Crippen LogP contribution in [0.3, 0.4) is 0 Å². The summed E-state index contributed by atoms with van der Waals surface area (Å²) in [4.78, 5) is 15.4. The van der Waals surface area contributed by atoms with Gasteiger partial charge in [0.2, 0.25) is 5.91 Å². The van der Waals surface area contributed by atoms with E-state index >= 15 is 0 Å². The van der Waals surface area contributed by atoms with Crippen molar-refractivity contribution in [2.24, 2.45) is 5.73 Å². The van der Waals surface area contributed by atoms with Crippen molar-refractivity contribution in [1.82, 2.24) is 4.98 Å². The van der Waals surface area contributed by atoms with E-state index in [1.165, 1.54) is 0 Å². The number of hydrogen-bond donors (Lipinski definition) is 2. The van der Waals surface area contributed by atoms with Gasteiger partial charge < -0.3 is 11.1 Å². The third-order valence-corrected chi connectivity index (χ3v) is 2.25. The Morgan fingerprint density at radius 2 is 2.47 bits per heavy atom. The number of anilines is 1. The number of amides is 1. The van der Waals surface area contributed by atoms with Crippen LogP contribution in [0.4, 0.5) is 5.69 Å². The first kappa shape index (κ1) is 11.9. The SMILES string of the molecule is CCCC(N)C(=O)Nc1cccnc1Cl. The number of nitrogens with zero attached hydrogens (tertiary/aromatic N) is 1. The van der Waals surface area contributed by atoms with Crippen molar-refractivity contribution in [2.45, 2.75) is 25.8 Å². The Labute approximate surface area is 93.8 Å². The number of halogens is 1. The van der Waals surface area contributed by atoms with Crippen LogP contribution in [0.1, 0.15) is 19.8 Å². The van der Waals surface area contributed by atoms with E-state index in [4.69, 9.17) is 17.3 Å². The van der Waals surface area contributed by atoms with Gasteiger partial charge in [0.25, 0.3) is 0 Å². The number of hydrogen-bond acceptors (Lipinski definition) is 3. The molecule has 82 valence electrons. The van der Waals surface area contributed by atoms with Crippen molar-refractivity contribution in [3.05, 3.63) is 23.5 Å². The molecule has 0 aliphatic carbocycles. The molecule has 1 amide bonds. The highest BCUT2D eigenvalue weighted by molar-refractivity contribution is 6.32. The number of nitrogens with one attached hydrogen (secondary N) is 1. The Bertz CT molecular complexity index is 343. The first-order chi connectivity index (χ1) is 7.15. The van der Waals surface area contributed by atoms with Crippen LogP contribution in [0.5, 0.6) is 0 Å². The minimum Gasteiger partial charge on any atom is -0.322 e. The van der Waals surface area contributed by atoms with Gasteiger partial charge in [-0.3, -0.25) is 4.79 Å². The van der Waals surface area contributed by atoms with E-state index < -0.39 is 6.04 Å². The molecule has 5 heteroatoms. The van der Waals surface area contributed by atoms with Gasteiger partial charge in [-0.15, -0.1) is 0 Å². The maximum absolute atomic E-state index is 11.5. The molecule has 0 spiro atoms. The molecule has 1 unspecified atom stereocenters. The van der Waals surface area contributed by atoms with Crippen LogP contribution in [0.2, 0.25) is 5.15 Å². The largest absolute Gasteiger partial charge is 0.322 e. The lowest BCUT2D eigenvalue weighted by atomic mass is 10.1. The average Bonchev–Trinajstić information content (AvgIpc) is 2.21. The molecule has 1 heterocycles. The van der Waals surface area contributed by atoms with Crippen molar-refractivity contribution in [3.63, 3.8) is 0 Å². The molecule has 3 N–H and O–H groups in total. The zero-order valence-corrected chi connectivity index (χ0v) is 9.29. The Kier molecular flexibility index (Phi) is 4.52. The number of aromatic nitrogens is 1. The van der Waals surface area contributed by atoms with E-state index in [1.807, 2.05) is 6.92 Å². The summed E-state index contributed by atoms with van der Waals surface area (Å²) in [5.74, 6) is -0.230. The summed E-state index contributed by atoms with van der Waals surface area (Å²) in [6.45, 7) is 1.98. The van der Waals surface area contributed by atoms with Crippen molar-refractivity contribution < 1.29 is 4.79 Å². The molecule has 0 saturated carbocycles. The van der Waals surface area contributed by atoms with Gasteiger partial charge in [-0.2, -0.15) is 0 Å². The second-order valence-corrected chi connectivity index (χ2v) is 3.58. The van der Waals surface area contributed by atoms with E-state index in [-0.39, 0.29) is 11.1 Å². The predicted octanol–water partition coefficient (Wildman–Crippen LogP) is 1.80. The summed E-state index contributed by atoms with van der Waals surface area (Å²) in [5.41, 5.74) is 6.15. The van der Waals surface area contributed by atoms with E-state index in [0.29, 0.717) is 12.1 Å². The Hall–Kier alpha value is -1.13. The second-order valence-electron chi connectivity index (χ2n) is 3.23.